The molecule has 146 valence electrons. The fraction of sp³-hybridized carbons (Fsp3) is 0.632. The van der Waals surface area contributed by atoms with Crippen molar-refractivity contribution in [2.24, 2.45) is 5.92 Å². The number of furan rings is 1. The van der Waals surface area contributed by atoms with E-state index in [-0.39, 0.29) is 12.5 Å². The highest BCUT2D eigenvalue weighted by atomic mass is 16.3. The first-order chi connectivity index (χ1) is 13.3. The van der Waals surface area contributed by atoms with Crippen LogP contribution in [0, 0.1) is 5.92 Å². The van der Waals surface area contributed by atoms with E-state index < -0.39 is 0 Å². The third kappa shape index (κ3) is 4.50. The minimum Gasteiger partial charge on any atom is -0.469 e. The third-order valence-corrected chi connectivity index (χ3v) is 5.27. The van der Waals surface area contributed by atoms with Gasteiger partial charge in [-0.15, -0.1) is 0 Å². The smallest absolute Gasteiger partial charge is 0.231 e. The molecule has 8 nitrogen and oxygen atoms in total. The van der Waals surface area contributed by atoms with Crippen molar-refractivity contribution < 1.29 is 9.52 Å². The molecule has 2 aromatic heterocycles. The van der Waals surface area contributed by atoms with Gasteiger partial charge >= 0.3 is 0 Å². The molecular formula is C19H28N6O2. The average molecular weight is 372 g/mol. The van der Waals surface area contributed by atoms with Gasteiger partial charge in [-0.05, 0) is 37.8 Å². The highest BCUT2D eigenvalue weighted by molar-refractivity contribution is 5.46. The zero-order valence-corrected chi connectivity index (χ0v) is 15.7. The van der Waals surface area contributed by atoms with Crippen LogP contribution in [0.3, 0.4) is 0 Å². The Morgan fingerprint density at radius 3 is 2.15 bits per heavy atom. The number of aliphatic hydroxyl groups is 1. The van der Waals surface area contributed by atoms with Crippen LogP contribution in [0.15, 0.2) is 22.8 Å². The predicted octanol–water partition coefficient (Wildman–Crippen LogP) is 1.93. The lowest BCUT2D eigenvalue weighted by Gasteiger charge is -2.21. The maximum atomic E-state index is 9.71. The summed E-state index contributed by atoms with van der Waals surface area (Å²) in [6, 6.07) is 3.80. The molecule has 0 saturated carbocycles. The summed E-state index contributed by atoms with van der Waals surface area (Å²) in [7, 11) is 0. The second-order valence-electron chi connectivity index (χ2n) is 7.36. The van der Waals surface area contributed by atoms with Gasteiger partial charge in [-0.3, -0.25) is 0 Å². The van der Waals surface area contributed by atoms with Gasteiger partial charge in [-0.2, -0.15) is 15.0 Å². The van der Waals surface area contributed by atoms with Crippen molar-refractivity contribution in [1.29, 1.82) is 0 Å². The average Bonchev–Trinajstić information content (AvgIpc) is 3.47. The molecule has 0 radical (unpaired) electrons. The molecule has 27 heavy (non-hydrogen) atoms. The molecule has 0 amide bonds. The molecule has 0 aromatic carbocycles. The summed E-state index contributed by atoms with van der Waals surface area (Å²) in [4.78, 5) is 18.5. The largest absolute Gasteiger partial charge is 0.469 e. The molecule has 0 spiro atoms. The van der Waals surface area contributed by atoms with E-state index in [9.17, 15) is 5.11 Å². The molecule has 2 aromatic rings. The van der Waals surface area contributed by atoms with E-state index in [2.05, 4.69) is 25.1 Å². The second-order valence-corrected chi connectivity index (χ2v) is 7.36. The third-order valence-electron chi connectivity index (χ3n) is 5.27. The van der Waals surface area contributed by atoms with Crippen LogP contribution < -0.4 is 15.1 Å². The van der Waals surface area contributed by atoms with Crippen molar-refractivity contribution in [1.82, 2.24) is 15.0 Å². The summed E-state index contributed by atoms with van der Waals surface area (Å²) >= 11 is 0. The van der Waals surface area contributed by atoms with Gasteiger partial charge in [-0.25, -0.2) is 0 Å². The number of nitrogens with one attached hydrogen (secondary N) is 1. The number of hydrogen-bond donors (Lipinski definition) is 2. The Hall–Kier alpha value is -2.35. The topological polar surface area (TPSA) is 90.5 Å². The van der Waals surface area contributed by atoms with Crippen LogP contribution in [0.25, 0.3) is 0 Å². The number of nitrogens with zero attached hydrogens (tertiary/aromatic N) is 5. The minimum absolute atomic E-state index is 0.0402. The van der Waals surface area contributed by atoms with Crippen LogP contribution in [0.2, 0.25) is 0 Å². The van der Waals surface area contributed by atoms with Crippen molar-refractivity contribution in [2.75, 3.05) is 54.4 Å². The number of aliphatic hydroxyl groups excluding tert-OH is 1. The highest BCUT2D eigenvalue weighted by Crippen LogP contribution is 2.23. The summed E-state index contributed by atoms with van der Waals surface area (Å²) in [6.45, 7) is 4.67. The summed E-state index contributed by atoms with van der Waals surface area (Å²) in [6.07, 6.45) is 7.08. The maximum Gasteiger partial charge on any atom is 0.231 e. The quantitative estimate of drug-likeness (QED) is 0.726. The van der Waals surface area contributed by atoms with Gasteiger partial charge in [0.15, 0.2) is 0 Å². The lowest BCUT2D eigenvalue weighted by molar-refractivity contribution is 0.226. The normalized spacial score (nSPS) is 18.3. The zero-order valence-electron chi connectivity index (χ0n) is 15.7. The van der Waals surface area contributed by atoms with Crippen molar-refractivity contribution in [3.05, 3.63) is 24.2 Å². The molecule has 2 aliphatic rings. The molecule has 0 unspecified atom stereocenters. The fourth-order valence-electron chi connectivity index (χ4n) is 3.70. The lowest BCUT2D eigenvalue weighted by Crippen LogP contribution is -2.27. The molecule has 4 heterocycles. The predicted molar refractivity (Wildman–Crippen MR) is 104 cm³/mol. The van der Waals surface area contributed by atoms with E-state index in [1.54, 1.807) is 6.26 Å². The molecule has 1 atom stereocenters. The molecule has 0 aliphatic carbocycles. The summed E-state index contributed by atoms with van der Waals surface area (Å²) in [5, 5.41) is 13.0. The van der Waals surface area contributed by atoms with Crippen LogP contribution in [-0.2, 0) is 6.42 Å². The van der Waals surface area contributed by atoms with Crippen molar-refractivity contribution in [3.8, 4) is 0 Å². The Balaban J connectivity index is 1.48. The number of anilines is 3. The van der Waals surface area contributed by atoms with Gasteiger partial charge in [0.1, 0.15) is 5.76 Å². The molecule has 2 N–H and O–H groups in total. The van der Waals surface area contributed by atoms with Crippen LogP contribution in [0.5, 0.6) is 0 Å². The van der Waals surface area contributed by atoms with Gasteiger partial charge < -0.3 is 24.6 Å². The first kappa shape index (κ1) is 18.0. The molecule has 0 bridgehead atoms. The molecule has 4 rings (SSSR count). The van der Waals surface area contributed by atoms with E-state index in [0.29, 0.717) is 18.9 Å². The number of aromatic nitrogens is 3. The Morgan fingerprint density at radius 2 is 1.63 bits per heavy atom. The van der Waals surface area contributed by atoms with E-state index >= 15 is 0 Å². The zero-order chi connectivity index (χ0) is 18.5. The summed E-state index contributed by atoms with van der Waals surface area (Å²) in [5.74, 6) is 3.03. The number of hydrogen-bond acceptors (Lipinski definition) is 8. The van der Waals surface area contributed by atoms with Crippen LogP contribution in [-0.4, -0.2) is 59.4 Å². The van der Waals surface area contributed by atoms with E-state index in [4.69, 9.17) is 9.40 Å². The Bertz CT molecular complexity index is 677. The van der Waals surface area contributed by atoms with Gasteiger partial charge in [0.05, 0.1) is 6.26 Å². The van der Waals surface area contributed by atoms with Crippen LogP contribution >= 0.6 is 0 Å². The first-order valence-electron chi connectivity index (χ1n) is 9.95. The van der Waals surface area contributed by atoms with E-state index in [0.717, 1.165) is 43.8 Å². The van der Waals surface area contributed by atoms with Gasteiger partial charge in [0, 0.05) is 51.7 Å². The van der Waals surface area contributed by atoms with E-state index in [1.807, 2.05) is 12.1 Å². The van der Waals surface area contributed by atoms with Crippen molar-refractivity contribution in [2.45, 2.75) is 32.1 Å². The Kier molecular flexibility index (Phi) is 5.72. The van der Waals surface area contributed by atoms with Crippen LogP contribution in [0.1, 0.15) is 31.4 Å². The standard InChI is InChI=1S/C19H28N6O2/c26-14-15(12-16-6-5-11-27-16)13-20-17-21-18(24-7-1-2-8-24)23-19(22-17)25-9-3-4-10-25/h5-6,11,15,26H,1-4,7-10,12-14H2,(H,20,21,22,23)/t15-/m0/s1. The monoisotopic (exact) mass is 372 g/mol. The van der Waals surface area contributed by atoms with Gasteiger partial charge in [0.2, 0.25) is 17.8 Å². The highest BCUT2D eigenvalue weighted by Gasteiger charge is 2.22. The van der Waals surface area contributed by atoms with Gasteiger partial charge in [-0.1, -0.05) is 0 Å². The fourth-order valence-corrected chi connectivity index (χ4v) is 3.70. The molecule has 2 saturated heterocycles. The maximum absolute atomic E-state index is 9.71. The minimum atomic E-state index is 0.0402. The first-order valence-corrected chi connectivity index (χ1v) is 9.95. The van der Waals surface area contributed by atoms with Crippen molar-refractivity contribution >= 4 is 17.8 Å². The molecule has 2 fully saturated rings. The molecular weight excluding hydrogens is 344 g/mol. The molecule has 8 heteroatoms. The van der Waals surface area contributed by atoms with Crippen molar-refractivity contribution in [3.63, 3.8) is 0 Å². The van der Waals surface area contributed by atoms with E-state index in [1.165, 1.54) is 25.7 Å². The lowest BCUT2D eigenvalue weighted by atomic mass is 10.1. The Morgan fingerprint density at radius 1 is 1.00 bits per heavy atom. The summed E-state index contributed by atoms with van der Waals surface area (Å²) < 4.78 is 5.40. The Labute approximate surface area is 159 Å². The number of rotatable bonds is 8. The SMILES string of the molecule is OC[C@H](CNc1nc(N2CCCC2)nc(N2CCCC2)n1)Cc1ccco1. The summed E-state index contributed by atoms with van der Waals surface area (Å²) in [5.41, 5.74) is 0. The second kappa shape index (κ2) is 8.56. The van der Waals surface area contributed by atoms with Crippen LogP contribution in [0.4, 0.5) is 17.8 Å². The van der Waals surface area contributed by atoms with Gasteiger partial charge in [0.25, 0.3) is 0 Å². The molecule has 2 aliphatic heterocycles.